The van der Waals surface area contributed by atoms with Gasteiger partial charge in [-0.1, -0.05) is 51.1 Å². The van der Waals surface area contributed by atoms with Gasteiger partial charge >= 0.3 is 0 Å². The Labute approximate surface area is 253 Å². The number of pyridine rings is 1. The summed E-state index contributed by atoms with van der Waals surface area (Å²) in [5.74, 6) is 1.74. The molecule has 1 aliphatic heterocycles. The first kappa shape index (κ1) is 28.9. The van der Waals surface area contributed by atoms with Crippen LogP contribution >= 0.6 is 0 Å². The van der Waals surface area contributed by atoms with Gasteiger partial charge in [0.25, 0.3) is 0 Å². The van der Waals surface area contributed by atoms with Crippen LogP contribution in [-0.2, 0) is 11.3 Å². The number of nitrogens with one attached hydrogen (secondary N) is 2. The lowest BCUT2D eigenvalue weighted by Gasteiger charge is -2.41. The van der Waals surface area contributed by atoms with Gasteiger partial charge in [-0.3, -0.25) is 4.98 Å². The molecule has 0 atom stereocenters. The highest BCUT2D eigenvalue weighted by Gasteiger charge is 2.34. The lowest BCUT2D eigenvalue weighted by Crippen LogP contribution is -2.43. The molecule has 6 rings (SSSR count). The summed E-state index contributed by atoms with van der Waals surface area (Å²) < 4.78 is 7.45. The molecule has 9 heteroatoms. The molecule has 0 saturated carbocycles. The zero-order valence-corrected chi connectivity index (χ0v) is 25.9. The molecule has 9 nitrogen and oxygen atoms in total. The summed E-state index contributed by atoms with van der Waals surface area (Å²) in [6, 6.07) is 16.9. The van der Waals surface area contributed by atoms with Gasteiger partial charge in [-0.2, -0.15) is 19.6 Å². The topological polar surface area (TPSA) is 92.5 Å². The van der Waals surface area contributed by atoms with Gasteiger partial charge in [-0.15, -0.1) is 0 Å². The summed E-state index contributed by atoms with van der Waals surface area (Å²) in [4.78, 5) is 17.3. The van der Waals surface area contributed by atoms with Crippen molar-refractivity contribution in [2.75, 3.05) is 49.4 Å². The van der Waals surface area contributed by atoms with Crippen LogP contribution in [-0.4, -0.2) is 58.4 Å². The van der Waals surface area contributed by atoms with Crippen LogP contribution in [0.5, 0.6) is 0 Å². The maximum atomic E-state index is 5.60. The summed E-state index contributed by atoms with van der Waals surface area (Å²) in [6.07, 6.45) is 7.05. The van der Waals surface area contributed by atoms with E-state index in [-0.39, 0.29) is 5.41 Å². The lowest BCUT2D eigenvalue weighted by molar-refractivity contribution is 0.0556. The first-order valence-corrected chi connectivity index (χ1v) is 15.3. The number of rotatable bonds is 10. The Morgan fingerprint density at radius 3 is 2.60 bits per heavy atom. The molecule has 0 unspecified atom stereocenters. The molecule has 3 aromatic heterocycles. The van der Waals surface area contributed by atoms with Gasteiger partial charge in [0.15, 0.2) is 5.65 Å². The van der Waals surface area contributed by atoms with Gasteiger partial charge in [-0.25, -0.2) is 0 Å². The minimum Gasteiger partial charge on any atom is -0.388 e. The highest BCUT2D eigenvalue weighted by Crippen LogP contribution is 2.37. The monoisotopic (exact) mass is 578 g/mol. The van der Waals surface area contributed by atoms with Crippen molar-refractivity contribution in [3.63, 3.8) is 0 Å². The molecule has 5 aromatic rings. The van der Waals surface area contributed by atoms with Crippen molar-refractivity contribution < 1.29 is 4.74 Å². The predicted octanol–water partition coefficient (Wildman–Crippen LogP) is 6.76. The largest absolute Gasteiger partial charge is 0.388 e. The van der Waals surface area contributed by atoms with Gasteiger partial charge in [0.1, 0.15) is 0 Å². The van der Waals surface area contributed by atoms with Crippen molar-refractivity contribution >= 4 is 34.0 Å². The molecule has 0 radical (unpaired) electrons. The number of anilines is 3. The molecule has 0 amide bonds. The molecule has 0 bridgehead atoms. The number of benzene rings is 2. The van der Waals surface area contributed by atoms with Gasteiger partial charge in [0.2, 0.25) is 11.9 Å². The highest BCUT2D eigenvalue weighted by molar-refractivity contribution is 5.96. The molecule has 4 heterocycles. The fraction of sp³-hybridized carbons (Fsp3) is 0.412. The second-order valence-electron chi connectivity index (χ2n) is 12.0. The number of fused-ring (bicyclic) bond motifs is 2. The van der Waals surface area contributed by atoms with Gasteiger partial charge in [0, 0.05) is 62.2 Å². The van der Waals surface area contributed by atoms with E-state index in [1.54, 1.807) is 7.11 Å². The van der Waals surface area contributed by atoms with Crippen LogP contribution in [0.15, 0.2) is 60.9 Å². The summed E-state index contributed by atoms with van der Waals surface area (Å²) in [5, 5.41) is 13.8. The van der Waals surface area contributed by atoms with E-state index < -0.39 is 0 Å². The molecule has 0 spiro atoms. The van der Waals surface area contributed by atoms with E-state index in [0.717, 1.165) is 89.4 Å². The van der Waals surface area contributed by atoms with E-state index in [1.807, 2.05) is 24.0 Å². The first-order valence-electron chi connectivity index (χ1n) is 15.3. The Hall–Kier alpha value is -4.24. The lowest BCUT2D eigenvalue weighted by atomic mass is 9.77. The normalized spacial score (nSPS) is 15.0. The Kier molecular flexibility index (Phi) is 8.17. The SMILES string of the molecule is CCC1(COC)CCN(c2nc(NCc3ccccc3-c3nccc4cc(NC)ccc34)n3ncc(C(C)C)c3n2)CC1. The minimum atomic E-state index is 0.226. The van der Waals surface area contributed by atoms with E-state index in [4.69, 9.17) is 24.8 Å². The van der Waals surface area contributed by atoms with Crippen LogP contribution in [0.25, 0.3) is 27.7 Å². The standard InChI is InChI=1S/C34H42N8O/c1-6-34(22-43-5)14-17-41(18-15-34)33-39-31-29(23(2)3)21-38-42(31)32(40-33)37-20-25-9-7-8-10-27(25)30-28-12-11-26(35-4)19-24(28)13-16-36-30/h7-13,16,19,21,23,35H,6,14-15,17-18,20,22H2,1-5H3,(H,37,39,40). The van der Waals surface area contributed by atoms with Crippen molar-refractivity contribution in [3.05, 3.63) is 72.1 Å². The maximum Gasteiger partial charge on any atom is 0.230 e. The van der Waals surface area contributed by atoms with Gasteiger partial charge in [0.05, 0.1) is 18.5 Å². The van der Waals surface area contributed by atoms with Crippen LogP contribution in [0.3, 0.4) is 0 Å². The third-order valence-corrected chi connectivity index (χ3v) is 9.08. The van der Waals surface area contributed by atoms with Crippen LogP contribution in [0, 0.1) is 5.41 Å². The van der Waals surface area contributed by atoms with Crippen molar-refractivity contribution in [2.45, 2.75) is 52.5 Å². The summed E-state index contributed by atoms with van der Waals surface area (Å²) in [7, 11) is 3.74. The molecule has 43 heavy (non-hydrogen) atoms. The van der Waals surface area contributed by atoms with Crippen LogP contribution < -0.4 is 15.5 Å². The smallest absolute Gasteiger partial charge is 0.230 e. The molecule has 1 fully saturated rings. The third-order valence-electron chi connectivity index (χ3n) is 9.08. The Morgan fingerprint density at radius 1 is 1.05 bits per heavy atom. The minimum absolute atomic E-state index is 0.226. The van der Waals surface area contributed by atoms with Crippen LogP contribution in [0.1, 0.15) is 57.1 Å². The van der Waals surface area contributed by atoms with E-state index in [1.165, 1.54) is 0 Å². The van der Waals surface area contributed by atoms with E-state index in [0.29, 0.717) is 18.4 Å². The van der Waals surface area contributed by atoms with Crippen molar-refractivity contribution in [1.29, 1.82) is 0 Å². The summed E-state index contributed by atoms with van der Waals surface area (Å²) >= 11 is 0. The third kappa shape index (κ3) is 5.61. The Morgan fingerprint density at radius 2 is 1.86 bits per heavy atom. The number of hydrogen-bond donors (Lipinski definition) is 2. The number of methoxy groups -OCH3 is 1. The Bertz CT molecular complexity index is 1720. The fourth-order valence-electron chi connectivity index (χ4n) is 6.26. The van der Waals surface area contributed by atoms with E-state index >= 15 is 0 Å². The number of aromatic nitrogens is 5. The van der Waals surface area contributed by atoms with Crippen molar-refractivity contribution in [1.82, 2.24) is 24.6 Å². The molecule has 224 valence electrons. The number of piperidine rings is 1. The van der Waals surface area contributed by atoms with E-state index in [9.17, 15) is 0 Å². The zero-order chi connectivity index (χ0) is 30.0. The quantitative estimate of drug-likeness (QED) is 0.188. The molecule has 2 N–H and O–H groups in total. The maximum absolute atomic E-state index is 5.60. The van der Waals surface area contributed by atoms with Gasteiger partial charge in [-0.05, 0) is 59.7 Å². The summed E-state index contributed by atoms with van der Waals surface area (Å²) in [6.45, 7) is 9.81. The number of nitrogens with zero attached hydrogens (tertiary/aromatic N) is 6. The molecule has 1 saturated heterocycles. The molecular formula is C34H42N8O. The van der Waals surface area contributed by atoms with Crippen LogP contribution in [0.2, 0.25) is 0 Å². The zero-order valence-electron chi connectivity index (χ0n) is 25.9. The predicted molar refractivity (Wildman–Crippen MR) is 175 cm³/mol. The molecule has 0 aliphatic carbocycles. The van der Waals surface area contributed by atoms with Crippen molar-refractivity contribution in [2.24, 2.45) is 5.41 Å². The fourth-order valence-corrected chi connectivity index (χ4v) is 6.26. The Balaban J connectivity index is 1.33. The summed E-state index contributed by atoms with van der Waals surface area (Å²) in [5.41, 5.74) is 6.48. The average molecular weight is 579 g/mol. The number of ether oxygens (including phenoxy) is 1. The van der Waals surface area contributed by atoms with Crippen molar-refractivity contribution in [3.8, 4) is 11.3 Å². The van der Waals surface area contributed by atoms with Gasteiger partial charge < -0.3 is 20.3 Å². The second-order valence-corrected chi connectivity index (χ2v) is 12.0. The number of hydrogen-bond acceptors (Lipinski definition) is 8. The average Bonchev–Trinajstić information content (AvgIpc) is 3.48. The first-order chi connectivity index (χ1) is 20.9. The molecular weight excluding hydrogens is 536 g/mol. The van der Waals surface area contributed by atoms with E-state index in [2.05, 4.69) is 84.8 Å². The second kappa shape index (κ2) is 12.2. The van der Waals surface area contributed by atoms with Crippen LogP contribution in [0.4, 0.5) is 17.6 Å². The molecule has 1 aliphatic rings. The highest BCUT2D eigenvalue weighted by atomic mass is 16.5. The molecule has 2 aromatic carbocycles.